The summed E-state index contributed by atoms with van der Waals surface area (Å²) in [5, 5.41) is 9.45. The molecule has 4 unspecified atom stereocenters. The predicted octanol–water partition coefficient (Wildman–Crippen LogP) is -0.469. The number of amides is 2. The van der Waals surface area contributed by atoms with Gasteiger partial charge in [-0.2, -0.15) is 0 Å². The number of likely N-dealkylation sites (tertiary alicyclic amines) is 1. The van der Waals surface area contributed by atoms with Crippen LogP contribution >= 0.6 is 0 Å². The standard InChI is InChI=1S/C11H15NO4/c1-2-12-9(14)7-6-3-4-11(5-13,16-6)8(7)10(12)15/h6-8,13H,2-5H2,1H3. The van der Waals surface area contributed by atoms with Crippen molar-refractivity contribution in [3.8, 4) is 0 Å². The van der Waals surface area contributed by atoms with Gasteiger partial charge in [-0.1, -0.05) is 0 Å². The molecule has 4 atom stereocenters. The largest absolute Gasteiger partial charge is 0.393 e. The van der Waals surface area contributed by atoms with Gasteiger partial charge in [-0.15, -0.1) is 0 Å². The molecule has 16 heavy (non-hydrogen) atoms. The fourth-order valence-electron chi connectivity index (χ4n) is 3.49. The molecule has 3 heterocycles. The first-order valence-corrected chi connectivity index (χ1v) is 5.78. The van der Waals surface area contributed by atoms with Crippen LogP contribution in [-0.4, -0.2) is 46.7 Å². The lowest BCUT2D eigenvalue weighted by Crippen LogP contribution is -2.44. The molecule has 0 saturated carbocycles. The molecule has 5 nitrogen and oxygen atoms in total. The molecular formula is C11H15NO4. The van der Waals surface area contributed by atoms with Gasteiger partial charge in [0, 0.05) is 6.54 Å². The van der Waals surface area contributed by atoms with Crippen molar-refractivity contribution in [2.24, 2.45) is 11.8 Å². The molecule has 1 N–H and O–H groups in total. The van der Waals surface area contributed by atoms with Gasteiger partial charge in [-0.05, 0) is 19.8 Å². The van der Waals surface area contributed by atoms with Crippen molar-refractivity contribution in [1.29, 1.82) is 0 Å². The number of carbonyl (C=O) groups is 2. The molecular weight excluding hydrogens is 210 g/mol. The first kappa shape index (κ1) is 10.2. The minimum Gasteiger partial charge on any atom is -0.393 e. The molecule has 3 aliphatic heterocycles. The number of aliphatic hydroxyl groups is 1. The molecule has 3 rings (SSSR count). The van der Waals surface area contributed by atoms with Gasteiger partial charge in [-0.3, -0.25) is 14.5 Å². The zero-order valence-corrected chi connectivity index (χ0v) is 9.18. The maximum Gasteiger partial charge on any atom is 0.236 e. The SMILES string of the molecule is CCN1C(=O)C2C3CCC(CO)(O3)C2C1=O. The smallest absolute Gasteiger partial charge is 0.236 e. The van der Waals surface area contributed by atoms with Gasteiger partial charge in [0.05, 0.1) is 24.5 Å². The van der Waals surface area contributed by atoms with Gasteiger partial charge < -0.3 is 9.84 Å². The number of carbonyl (C=O) groups excluding carboxylic acids is 2. The Bertz CT molecular complexity index is 369. The van der Waals surface area contributed by atoms with Crippen LogP contribution in [0.4, 0.5) is 0 Å². The van der Waals surface area contributed by atoms with Crippen molar-refractivity contribution in [1.82, 2.24) is 4.90 Å². The Hall–Kier alpha value is -0.940. The van der Waals surface area contributed by atoms with Gasteiger partial charge in [0.15, 0.2) is 0 Å². The summed E-state index contributed by atoms with van der Waals surface area (Å²) in [6, 6.07) is 0. The molecule has 5 heteroatoms. The highest BCUT2D eigenvalue weighted by molar-refractivity contribution is 6.06. The number of hydrogen-bond donors (Lipinski definition) is 1. The molecule has 3 saturated heterocycles. The van der Waals surface area contributed by atoms with E-state index in [2.05, 4.69) is 0 Å². The monoisotopic (exact) mass is 225 g/mol. The Balaban J connectivity index is 2.02. The maximum atomic E-state index is 12.1. The van der Waals surface area contributed by atoms with Gasteiger partial charge in [0.1, 0.15) is 5.60 Å². The van der Waals surface area contributed by atoms with Crippen LogP contribution in [0.2, 0.25) is 0 Å². The molecule has 2 bridgehead atoms. The average Bonchev–Trinajstić information content (AvgIpc) is 2.91. The van der Waals surface area contributed by atoms with Crippen molar-refractivity contribution in [2.75, 3.05) is 13.2 Å². The normalized spacial score (nSPS) is 45.6. The van der Waals surface area contributed by atoms with E-state index >= 15 is 0 Å². The molecule has 0 aromatic heterocycles. The molecule has 0 spiro atoms. The van der Waals surface area contributed by atoms with E-state index in [0.717, 1.165) is 6.42 Å². The third-order valence-corrected chi connectivity index (χ3v) is 4.23. The summed E-state index contributed by atoms with van der Waals surface area (Å²) < 4.78 is 5.69. The highest BCUT2D eigenvalue weighted by Gasteiger charge is 2.68. The molecule has 88 valence electrons. The Morgan fingerprint density at radius 3 is 2.88 bits per heavy atom. The van der Waals surface area contributed by atoms with Crippen molar-refractivity contribution in [3.63, 3.8) is 0 Å². The Kier molecular flexibility index (Phi) is 1.95. The topological polar surface area (TPSA) is 66.8 Å². The molecule has 0 aliphatic carbocycles. The van der Waals surface area contributed by atoms with Crippen LogP contribution in [0.15, 0.2) is 0 Å². The van der Waals surface area contributed by atoms with Crippen LogP contribution in [0.1, 0.15) is 19.8 Å². The molecule has 2 amide bonds. The number of fused-ring (bicyclic) bond motifs is 5. The number of imide groups is 1. The lowest BCUT2D eigenvalue weighted by molar-refractivity contribution is -0.146. The summed E-state index contributed by atoms with van der Waals surface area (Å²) >= 11 is 0. The van der Waals surface area contributed by atoms with E-state index in [1.807, 2.05) is 0 Å². The summed E-state index contributed by atoms with van der Waals surface area (Å²) in [7, 11) is 0. The fourth-order valence-corrected chi connectivity index (χ4v) is 3.49. The highest BCUT2D eigenvalue weighted by atomic mass is 16.5. The van der Waals surface area contributed by atoms with E-state index in [0.29, 0.717) is 13.0 Å². The second-order valence-corrected chi connectivity index (χ2v) is 4.84. The lowest BCUT2D eigenvalue weighted by atomic mass is 9.73. The molecule has 3 aliphatic rings. The van der Waals surface area contributed by atoms with E-state index in [-0.39, 0.29) is 30.4 Å². The van der Waals surface area contributed by atoms with E-state index in [1.165, 1.54) is 4.90 Å². The number of hydrogen-bond acceptors (Lipinski definition) is 4. The fraction of sp³-hybridized carbons (Fsp3) is 0.818. The quantitative estimate of drug-likeness (QED) is 0.645. The van der Waals surface area contributed by atoms with Crippen molar-refractivity contribution in [3.05, 3.63) is 0 Å². The maximum absolute atomic E-state index is 12.1. The molecule has 3 fully saturated rings. The number of rotatable bonds is 2. The summed E-state index contributed by atoms with van der Waals surface area (Å²) in [5.41, 5.74) is -0.772. The van der Waals surface area contributed by atoms with Crippen LogP contribution in [-0.2, 0) is 14.3 Å². The van der Waals surface area contributed by atoms with Crippen LogP contribution < -0.4 is 0 Å². The number of ether oxygens (including phenoxy) is 1. The minimum atomic E-state index is -0.772. The van der Waals surface area contributed by atoms with Crippen LogP contribution in [0.25, 0.3) is 0 Å². The third kappa shape index (κ3) is 0.936. The first-order chi connectivity index (χ1) is 7.64. The Morgan fingerprint density at radius 1 is 1.50 bits per heavy atom. The van der Waals surface area contributed by atoms with Crippen LogP contribution in [0, 0.1) is 11.8 Å². The van der Waals surface area contributed by atoms with Gasteiger partial charge in [0.2, 0.25) is 11.8 Å². The Labute approximate surface area is 93.4 Å². The Morgan fingerprint density at radius 2 is 2.25 bits per heavy atom. The van der Waals surface area contributed by atoms with E-state index in [1.54, 1.807) is 6.92 Å². The second-order valence-electron chi connectivity index (χ2n) is 4.84. The second kappa shape index (κ2) is 3.05. The molecule has 0 aromatic rings. The number of aliphatic hydroxyl groups excluding tert-OH is 1. The molecule has 0 aromatic carbocycles. The zero-order chi connectivity index (χ0) is 11.5. The minimum absolute atomic E-state index is 0.113. The van der Waals surface area contributed by atoms with Crippen LogP contribution in [0.3, 0.4) is 0 Å². The number of nitrogens with zero attached hydrogens (tertiary/aromatic N) is 1. The van der Waals surface area contributed by atoms with E-state index in [4.69, 9.17) is 4.74 Å². The predicted molar refractivity (Wildman–Crippen MR) is 53.3 cm³/mol. The van der Waals surface area contributed by atoms with E-state index < -0.39 is 11.5 Å². The van der Waals surface area contributed by atoms with Crippen molar-refractivity contribution in [2.45, 2.75) is 31.5 Å². The van der Waals surface area contributed by atoms with Crippen LogP contribution in [0.5, 0.6) is 0 Å². The summed E-state index contributed by atoms with van der Waals surface area (Å²) in [5.74, 6) is -1.05. The van der Waals surface area contributed by atoms with Crippen molar-refractivity contribution >= 4 is 11.8 Å². The first-order valence-electron chi connectivity index (χ1n) is 5.78. The van der Waals surface area contributed by atoms with Gasteiger partial charge in [-0.25, -0.2) is 0 Å². The average molecular weight is 225 g/mol. The lowest BCUT2D eigenvalue weighted by Gasteiger charge is -2.28. The molecule has 0 radical (unpaired) electrons. The summed E-state index contributed by atoms with van der Waals surface area (Å²) in [6.07, 6.45) is 1.30. The zero-order valence-electron chi connectivity index (χ0n) is 9.18. The highest BCUT2D eigenvalue weighted by Crippen LogP contribution is 2.54. The van der Waals surface area contributed by atoms with Crippen molar-refractivity contribution < 1.29 is 19.4 Å². The van der Waals surface area contributed by atoms with Gasteiger partial charge >= 0.3 is 0 Å². The third-order valence-electron chi connectivity index (χ3n) is 4.23. The summed E-state index contributed by atoms with van der Waals surface area (Å²) in [6.45, 7) is 2.05. The van der Waals surface area contributed by atoms with E-state index in [9.17, 15) is 14.7 Å². The van der Waals surface area contributed by atoms with Gasteiger partial charge in [0.25, 0.3) is 0 Å². The summed E-state index contributed by atoms with van der Waals surface area (Å²) in [4.78, 5) is 25.4.